The van der Waals surface area contributed by atoms with Crippen LogP contribution in [0.5, 0.6) is 10.9 Å². The first-order valence-electron chi connectivity index (χ1n) is 8.08. The van der Waals surface area contributed by atoms with Crippen molar-refractivity contribution in [1.29, 1.82) is 0 Å². The van der Waals surface area contributed by atoms with Crippen molar-refractivity contribution < 1.29 is 23.0 Å². The molecule has 1 amide bonds. The molecule has 2 aromatic rings. The molecule has 0 bridgehead atoms. The molecule has 5 nitrogen and oxygen atoms in total. The van der Waals surface area contributed by atoms with Crippen LogP contribution < -0.4 is 9.47 Å². The van der Waals surface area contributed by atoms with E-state index >= 15 is 0 Å². The summed E-state index contributed by atoms with van der Waals surface area (Å²) in [7, 11) is 0. The first kappa shape index (κ1) is 19.0. The summed E-state index contributed by atoms with van der Waals surface area (Å²) in [6.07, 6.45) is 2.92. The molecule has 0 spiro atoms. The largest absolute Gasteiger partial charge is 0.465 e. The van der Waals surface area contributed by atoms with Gasteiger partial charge in [-0.2, -0.15) is 8.78 Å². The second-order valence-corrected chi connectivity index (χ2v) is 7.57. The van der Waals surface area contributed by atoms with Crippen molar-refractivity contribution in [3.8, 4) is 10.9 Å². The molecular weight excluding hydrogens is 430 g/mol. The van der Waals surface area contributed by atoms with Gasteiger partial charge in [-0.1, -0.05) is 27.3 Å². The summed E-state index contributed by atoms with van der Waals surface area (Å²) in [6.45, 7) is -1.77. The lowest BCUT2D eigenvalue weighted by Crippen LogP contribution is -2.31. The molecule has 0 radical (unpaired) electrons. The Kier molecular flexibility index (Phi) is 6.42. The molecule has 1 unspecified atom stereocenters. The van der Waals surface area contributed by atoms with Gasteiger partial charge in [-0.3, -0.25) is 4.79 Å². The Balaban J connectivity index is 1.53. The Morgan fingerprint density at radius 1 is 1.46 bits per heavy atom. The molecular formula is C17H17BrF2N2O3S. The smallest absolute Gasteiger partial charge is 0.387 e. The fourth-order valence-electron chi connectivity index (χ4n) is 2.82. The predicted octanol–water partition coefficient (Wildman–Crippen LogP) is 4.12. The number of thiazole rings is 1. The van der Waals surface area contributed by atoms with E-state index in [-0.39, 0.29) is 24.2 Å². The van der Waals surface area contributed by atoms with E-state index in [0.29, 0.717) is 30.3 Å². The molecule has 26 heavy (non-hydrogen) atoms. The van der Waals surface area contributed by atoms with Crippen LogP contribution in [0.15, 0.2) is 34.2 Å². The summed E-state index contributed by atoms with van der Waals surface area (Å²) >= 11 is 4.73. The quantitative estimate of drug-likeness (QED) is 0.641. The van der Waals surface area contributed by atoms with E-state index in [0.717, 1.165) is 10.9 Å². The summed E-state index contributed by atoms with van der Waals surface area (Å²) in [4.78, 5) is 18.3. The van der Waals surface area contributed by atoms with Crippen LogP contribution in [0.4, 0.5) is 8.78 Å². The number of rotatable bonds is 7. The number of aryl methyl sites for hydroxylation is 1. The predicted molar refractivity (Wildman–Crippen MR) is 96.8 cm³/mol. The maximum absolute atomic E-state index is 12.5. The van der Waals surface area contributed by atoms with Crippen LogP contribution in [0, 0.1) is 0 Å². The van der Waals surface area contributed by atoms with Crippen molar-refractivity contribution in [3.63, 3.8) is 0 Å². The fraction of sp³-hybridized carbons (Fsp3) is 0.412. The van der Waals surface area contributed by atoms with Crippen LogP contribution in [0.1, 0.15) is 18.4 Å². The average Bonchev–Trinajstić information content (AvgIpc) is 3.27. The second kappa shape index (κ2) is 8.77. The van der Waals surface area contributed by atoms with E-state index in [2.05, 4.69) is 25.7 Å². The SMILES string of the molecule is O=C(CCc1cc(Br)ccc1OC(F)F)N1CCC(Oc2nccs2)C1. The van der Waals surface area contributed by atoms with Crippen molar-refractivity contribution >= 4 is 33.2 Å². The zero-order valence-corrected chi connectivity index (χ0v) is 16.1. The molecule has 140 valence electrons. The first-order valence-corrected chi connectivity index (χ1v) is 9.75. The maximum atomic E-state index is 12.5. The Morgan fingerprint density at radius 3 is 3.04 bits per heavy atom. The highest BCUT2D eigenvalue weighted by atomic mass is 79.9. The number of carbonyl (C=O) groups excluding carboxylic acids is 1. The van der Waals surface area contributed by atoms with Gasteiger partial charge in [-0.25, -0.2) is 4.98 Å². The summed E-state index contributed by atoms with van der Waals surface area (Å²) < 4.78 is 36.1. The number of amides is 1. The van der Waals surface area contributed by atoms with Gasteiger partial charge in [0.05, 0.1) is 6.54 Å². The zero-order valence-electron chi connectivity index (χ0n) is 13.7. The fourth-order valence-corrected chi connectivity index (χ4v) is 3.78. The number of alkyl halides is 2. The van der Waals surface area contributed by atoms with Crippen molar-refractivity contribution in [3.05, 3.63) is 39.8 Å². The van der Waals surface area contributed by atoms with Crippen molar-refractivity contribution in [2.45, 2.75) is 32.0 Å². The van der Waals surface area contributed by atoms with Gasteiger partial charge < -0.3 is 14.4 Å². The van der Waals surface area contributed by atoms with E-state index in [1.165, 1.54) is 17.4 Å². The lowest BCUT2D eigenvalue weighted by atomic mass is 10.1. The van der Waals surface area contributed by atoms with Crippen LogP contribution in [-0.2, 0) is 11.2 Å². The molecule has 1 aliphatic heterocycles. The number of benzene rings is 1. The van der Waals surface area contributed by atoms with Crippen molar-refractivity contribution in [2.75, 3.05) is 13.1 Å². The molecule has 9 heteroatoms. The normalized spacial score (nSPS) is 16.9. The third-order valence-electron chi connectivity index (χ3n) is 4.02. The number of aromatic nitrogens is 1. The van der Waals surface area contributed by atoms with Crippen LogP contribution in [0.3, 0.4) is 0 Å². The molecule has 1 aromatic carbocycles. The Hall–Kier alpha value is -1.74. The average molecular weight is 447 g/mol. The molecule has 1 saturated heterocycles. The van der Waals surface area contributed by atoms with Crippen LogP contribution in [0.2, 0.25) is 0 Å². The van der Waals surface area contributed by atoms with Gasteiger partial charge in [0.2, 0.25) is 5.91 Å². The number of likely N-dealkylation sites (tertiary alicyclic amines) is 1. The van der Waals surface area contributed by atoms with Gasteiger partial charge in [0.1, 0.15) is 11.9 Å². The second-order valence-electron chi connectivity index (χ2n) is 5.80. The standard InChI is InChI=1S/C17H17BrF2N2O3S/c18-12-2-3-14(25-16(19)20)11(9-12)1-4-15(23)22-7-5-13(10-22)24-17-21-6-8-26-17/h2-3,6,8-9,13,16H,1,4-5,7,10H2. The minimum absolute atomic E-state index is 0.0294. The number of hydrogen-bond acceptors (Lipinski definition) is 5. The van der Waals surface area contributed by atoms with Crippen molar-refractivity contribution in [2.24, 2.45) is 0 Å². The Morgan fingerprint density at radius 2 is 2.31 bits per heavy atom. The van der Waals surface area contributed by atoms with E-state index in [4.69, 9.17) is 4.74 Å². The zero-order chi connectivity index (χ0) is 18.5. The summed E-state index contributed by atoms with van der Waals surface area (Å²) in [5.74, 6) is 0.0700. The molecule has 1 atom stereocenters. The summed E-state index contributed by atoms with van der Waals surface area (Å²) in [5.41, 5.74) is 0.572. The number of ether oxygens (including phenoxy) is 2. The molecule has 1 aromatic heterocycles. The third kappa shape index (κ3) is 5.14. The number of nitrogens with zero attached hydrogens (tertiary/aromatic N) is 2. The molecule has 2 heterocycles. The van der Waals surface area contributed by atoms with Gasteiger partial charge in [-0.15, -0.1) is 0 Å². The monoisotopic (exact) mass is 446 g/mol. The molecule has 0 N–H and O–H groups in total. The number of hydrogen-bond donors (Lipinski definition) is 0. The highest BCUT2D eigenvalue weighted by Gasteiger charge is 2.28. The minimum atomic E-state index is -2.90. The number of halogens is 3. The van der Waals surface area contributed by atoms with Gasteiger partial charge in [-0.05, 0) is 30.2 Å². The molecule has 0 aliphatic carbocycles. The lowest BCUT2D eigenvalue weighted by molar-refractivity contribution is -0.130. The van der Waals surface area contributed by atoms with E-state index in [9.17, 15) is 13.6 Å². The lowest BCUT2D eigenvalue weighted by Gasteiger charge is -2.17. The van der Waals surface area contributed by atoms with Crippen LogP contribution >= 0.6 is 27.3 Å². The molecule has 1 fully saturated rings. The first-order chi connectivity index (χ1) is 12.5. The number of carbonyl (C=O) groups is 1. The van der Waals surface area contributed by atoms with Gasteiger partial charge in [0, 0.05) is 35.4 Å². The molecule has 0 saturated carbocycles. The van der Waals surface area contributed by atoms with Crippen molar-refractivity contribution in [1.82, 2.24) is 9.88 Å². The highest BCUT2D eigenvalue weighted by Crippen LogP contribution is 2.27. The maximum Gasteiger partial charge on any atom is 0.387 e. The van der Waals surface area contributed by atoms with E-state index < -0.39 is 6.61 Å². The van der Waals surface area contributed by atoms with Gasteiger partial charge in [0.25, 0.3) is 5.19 Å². The highest BCUT2D eigenvalue weighted by molar-refractivity contribution is 9.10. The Labute approximate surface area is 162 Å². The van der Waals surface area contributed by atoms with Crippen LogP contribution in [0.25, 0.3) is 0 Å². The Bertz CT molecular complexity index is 746. The summed E-state index contributed by atoms with van der Waals surface area (Å²) in [5, 5.41) is 2.44. The summed E-state index contributed by atoms with van der Waals surface area (Å²) in [6, 6.07) is 4.80. The van der Waals surface area contributed by atoms with Gasteiger partial charge >= 0.3 is 6.61 Å². The topological polar surface area (TPSA) is 51.7 Å². The van der Waals surface area contributed by atoms with Gasteiger partial charge in [0.15, 0.2) is 0 Å². The van der Waals surface area contributed by atoms with E-state index in [1.54, 1.807) is 23.2 Å². The molecule has 1 aliphatic rings. The third-order valence-corrected chi connectivity index (χ3v) is 5.18. The molecule has 3 rings (SSSR count). The minimum Gasteiger partial charge on any atom is -0.465 e. The van der Waals surface area contributed by atoms with Crippen LogP contribution in [-0.4, -0.2) is 41.6 Å². The van der Waals surface area contributed by atoms with E-state index in [1.807, 2.05) is 5.38 Å².